The van der Waals surface area contributed by atoms with Gasteiger partial charge in [-0.1, -0.05) is 30.4 Å². The maximum Gasteiger partial charge on any atom is 0.433 e. The third-order valence-electron chi connectivity index (χ3n) is 14.0. The van der Waals surface area contributed by atoms with Crippen LogP contribution < -0.4 is 10.1 Å². The van der Waals surface area contributed by atoms with Gasteiger partial charge in [-0.15, -0.1) is 11.3 Å². The van der Waals surface area contributed by atoms with E-state index >= 15 is 0 Å². The van der Waals surface area contributed by atoms with Crippen LogP contribution in [0.4, 0.5) is 18.9 Å². The fraction of sp³-hybridized carbons (Fsp3) is 0.489. The maximum absolute atomic E-state index is 13.6. The molecule has 2 aromatic carbocycles. The van der Waals surface area contributed by atoms with E-state index < -0.39 is 23.8 Å². The number of amides is 3. The Labute approximate surface area is 356 Å². The number of methoxy groups -OCH3 is 1. The van der Waals surface area contributed by atoms with E-state index in [0.717, 1.165) is 96.7 Å². The zero-order valence-electron chi connectivity index (χ0n) is 34.3. The van der Waals surface area contributed by atoms with E-state index in [4.69, 9.17) is 9.72 Å². The number of thiazole rings is 1. The van der Waals surface area contributed by atoms with Crippen molar-refractivity contribution in [1.82, 2.24) is 19.8 Å². The van der Waals surface area contributed by atoms with Gasteiger partial charge in [0.1, 0.15) is 17.1 Å². The van der Waals surface area contributed by atoms with E-state index in [1.54, 1.807) is 29.5 Å². The van der Waals surface area contributed by atoms with Crippen molar-refractivity contribution in [3.63, 3.8) is 0 Å². The van der Waals surface area contributed by atoms with E-state index in [2.05, 4.69) is 21.8 Å². The van der Waals surface area contributed by atoms with Crippen molar-refractivity contribution in [3.05, 3.63) is 93.8 Å². The van der Waals surface area contributed by atoms with Crippen molar-refractivity contribution in [2.45, 2.75) is 102 Å². The molecule has 4 fully saturated rings. The largest absolute Gasteiger partial charge is 0.494 e. The number of aryl methyl sites for hydroxylation is 1. The number of rotatable bonds is 10. The highest BCUT2D eigenvalue weighted by Crippen LogP contribution is 2.48. The van der Waals surface area contributed by atoms with Gasteiger partial charge >= 0.3 is 6.18 Å². The standard InChI is InChI=1S/C47H50F3N5O5S/c1-27-9-16-36(37(56)21-27)55-44(58)32-6-3-5-30(41(32)45(55)59)13-10-28-17-19-46(20-18-28)25-54(26-46)24-29-11-14-31(15-12-29)43-53-35-22-38(60-2)34(23-39(35)61-43)52-42(57)33-7-4-8-40(51-33)47(48,49)50/h3-8,22-23,28-29,31,36H,1,9-21,24-26H2,2H3,(H,52,57). The van der Waals surface area contributed by atoms with Crippen molar-refractivity contribution in [3.8, 4) is 5.75 Å². The van der Waals surface area contributed by atoms with Crippen LogP contribution in [0.3, 0.4) is 0 Å². The number of hydrogen-bond donors (Lipinski definition) is 1. The number of carbonyl (C=O) groups is 4. The summed E-state index contributed by atoms with van der Waals surface area (Å²) in [7, 11) is 1.47. The number of likely N-dealkylation sites (tertiary alicyclic amines) is 1. The fourth-order valence-corrected chi connectivity index (χ4v) is 11.8. The van der Waals surface area contributed by atoms with E-state index in [-0.39, 0.29) is 29.7 Å². The minimum Gasteiger partial charge on any atom is -0.494 e. The number of allylic oxidation sites excluding steroid dienone is 1. The second-order valence-electron chi connectivity index (χ2n) is 18.1. The van der Waals surface area contributed by atoms with Gasteiger partial charge in [0, 0.05) is 38.0 Å². The summed E-state index contributed by atoms with van der Waals surface area (Å²) in [4.78, 5) is 65.0. The molecule has 0 radical (unpaired) electrons. The zero-order chi connectivity index (χ0) is 42.6. The molecule has 1 spiro atoms. The maximum atomic E-state index is 13.6. The van der Waals surface area contributed by atoms with Crippen molar-refractivity contribution < 1.29 is 37.1 Å². The Bertz CT molecular complexity index is 2410. The molecule has 14 heteroatoms. The molecule has 61 heavy (non-hydrogen) atoms. The quantitative estimate of drug-likeness (QED) is 0.124. The number of nitrogens with zero attached hydrogens (tertiary/aromatic N) is 4. The topological polar surface area (TPSA) is 122 Å². The summed E-state index contributed by atoms with van der Waals surface area (Å²) in [5.41, 5.74) is 2.76. The number of imide groups is 1. The van der Waals surface area contributed by atoms with Crippen molar-refractivity contribution in [1.29, 1.82) is 0 Å². The lowest BCUT2D eigenvalue weighted by Gasteiger charge is -2.54. The molecular formula is C47H50F3N5O5S. The number of hydrogen-bond acceptors (Lipinski definition) is 9. The number of halogens is 3. The number of ketones is 1. The molecule has 1 unspecified atom stereocenters. The minimum absolute atomic E-state index is 0.0970. The van der Waals surface area contributed by atoms with Gasteiger partial charge in [-0.3, -0.25) is 24.1 Å². The van der Waals surface area contributed by atoms with Gasteiger partial charge in [-0.2, -0.15) is 13.2 Å². The Hall–Kier alpha value is -4.95. The minimum atomic E-state index is -4.66. The molecule has 2 aromatic heterocycles. The molecule has 3 saturated carbocycles. The number of Topliss-reactive ketones (excluding diaryl/α,β-unsaturated/α-hetero) is 1. The number of carbonyl (C=O) groups excluding carboxylic acids is 4. The summed E-state index contributed by atoms with van der Waals surface area (Å²) in [5, 5.41) is 3.73. The van der Waals surface area contributed by atoms with Gasteiger partial charge in [0.05, 0.1) is 45.2 Å². The van der Waals surface area contributed by atoms with E-state index in [0.29, 0.717) is 58.6 Å². The number of alkyl halides is 3. The van der Waals surface area contributed by atoms with E-state index in [9.17, 15) is 32.3 Å². The SMILES string of the molecule is C=C1CCC(N2C(=O)c3cccc(CCC4CCC5(CC4)CN(CC4CCC(c6nc7cc(OC)c(NC(=O)c8cccc(C(F)(F)F)n8)cc7s6)CC4)C5)c3C2=O)C(=O)C1. The van der Waals surface area contributed by atoms with E-state index in [1.807, 2.05) is 12.1 Å². The molecule has 4 heterocycles. The number of benzene rings is 2. The highest BCUT2D eigenvalue weighted by Gasteiger charge is 2.47. The summed E-state index contributed by atoms with van der Waals surface area (Å²) < 4.78 is 46.0. The van der Waals surface area contributed by atoms with Crippen LogP contribution in [0.15, 0.2) is 60.7 Å². The van der Waals surface area contributed by atoms with Crippen LogP contribution in [0, 0.1) is 17.3 Å². The summed E-state index contributed by atoms with van der Waals surface area (Å²) in [5.74, 6) is 0.452. The monoisotopic (exact) mass is 853 g/mol. The molecule has 2 aliphatic heterocycles. The summed E-state index contributed by atoms with van der Waals surface area (Å²) in [6, 6.07) is 11.6. The molecule has 1 saturated heterocycles. The van der Waals surface area contributed by atoms with E-state index in [1.165, 1.54) is 43.8 Å². The molecule has 9 rings (SSSR count). The molecule has 3 amide bonds. The van der Waals surface area contributed by atoms with Gasteiger partial charge in [0.2, 0.25) is 0 Å². The molecule has 1 N–H and O–H groups in total. The molecule has 320 valence electrons. The van der Waals surface area contributed by atoms with Gasteiger partial charge in [-0.05, 0) is 124 Å². The number of nitrogens with one attached hydrogen (secondary N) is 1. The molecule has 5 aliphatic rings. The lowest BCUT2D eigenvalue weighted by Crippen LogP contribution is -2.58. The average molecular weight is 854 g/mol. The van der Waals surface area contributed by atoms with Gasteiger partial charge < -0.3 is 15.0 Å². The summed E-state index contributed by atoms with van der Waals surface area (Å²) >= 11 is 1.59. The molecule has 0 bridgehead atoms. The Morgan fingerprint density at radius 3 is 2.43 bits per heavy atom. The van der Waals surface area contributed by atoms with Crippen LogP contribution in [0.5, 0.6) is 5.75 Å². The molecular weight excluding hydrogens is 804 g/mol. The zero-order valence-corrected chi connectivity index (χ0v) is 35.1. The Balaban J connectivity index is 0.732. The molecule has 1 atom stereocenters. The van der Waals surface area contributed by atoms with Crippen molar-refractivity contribution >= 4 is 50.7 Å². The number of anilines is 1. The van der Waals surface area contributed by atoms with Crippen LogP contribution in [0.2, 0.25) is 0 Å². The Morgan fingerprint density at radius 1 is 0.951 bits per heavy atom. The first-order valence-corrected chi connectivity index (χ1v) is 22.3. The number of aromatic nitrogens is 2. The van der Waals surface area contributed by atoms with Crippen LogP contribution in [-0.2, 0) is 17.4 Å². The summed E-state index contributed by atoms with van der Waals surface area (Å²) in [6.45, 7) is 7.38. The Kier molecular flexibility index (Phi) is 11.1. The van der Waals surface area contributed by atoms with Gasteiger partial charge in [-0.25, -0.2) is 9.97 Å². The first-order chi connectivity index (χ1) is 29.3. The lowest BCUT2D eigenvalue weighted by atomic mass is 9.65. The molecule has 10 nitrogen and oxygen atoms in total. The number of ether oxygens (including phenoxy) is 1. The van der Waals surface area contributed by atoms with Crippen LogP contribution in [-0.4, -0.2) is 76.1 Å². The second-order valence-corrected chi connectivity index (χ2v) is 19.1. The van der Waals surface area contributed by atoms with Gasteiger partial charge in [0.25, 0.3) is 17.7 Å². The smallest absolute Gasteiger partial charge is 0.433 e. The second kappa shape index (κ2) is 16.4. The van der Waals surface area contributed by atoms with Crippen molar-refractivity contribution in [2.75, 3.05) is 32.1 Å². The van der Waals surface area contributed by atoms with Crippen LogP contribution >= 0.6 is 11.3 Å². The highest BCUT2D eigenvalue weighted by atomic mass is 32.1. The molecule has 3 aliphatic carbocycles. The first-order valence-electron chi connectivity index (χ1n) is 21.5. The fourth-order valence-electron chi connectivity index (χ4n) is 10.7. The van der Waals surface area contributed by atoms with Crippen LogP contribution in [0.25, 0.3) is 10.2 Å². The summed E-state index contributed by atoms with van der Waals surface area (Å²) in [6.07, 6.45) is 7.64. The highest BCUT2D eigenvalue weighted by molar-refractivity contribution is 7.18. The third kappa shape index (κ3) is 8.25. The molecule has 4 aromatic rings. The van der Waals surface area contributed by atoms with Crippen molar-refractivity contribution in [2.24, 2.45) is 17.3 Å². The number of fused-ring (bicyclic) bond motifs is 2. The predicted octanol–water partition coefficient (Wildman–Crippen LogP) is 9.64. The van der Waals surface area contributed by atoms with Gasteiger partial charge in [0.15, 0.2) is 5.78 Å². The third-order valence-corrected chi connectivity index (χ3v) is 15.2. The lowest BCUT2D eigenvalue weighted by molar-refractivity contribution is -0.141. The number of pyridine rings is 1. The average Bonchev–Trinajstić information content (AvgIpc) is 3.76. The van der Waals surface area contributed by atoms with Crippen LogP contribution in [0.1, 0.15) is 130 Å². The normalized spacial score (nSPS) is 23.4. The Morgan fingerprint density at radius 2 is 1.70 bits per heavy atom. The first kappa shape index (κ1) is 41.4. The predicted molar refractivity (Wildman–Crippen MR) is 226 cm³/mol.